The van der Waals surface area contributed by atoms with Crippen LogP contribution in [0.4, 0.5) is 0 Å². The van der Waals surface area contributed by atoms with Crippen molar-refractivity contribution in [3.63, 3.8) is 0 Å². The third-order valence-corrected chi connectivity index (χ3v) is 11.3. The summed E-state index contributed by atoms with van der Waals surface area (Å²) >= 11 is 1.67. The lowest BCUT2D eigenvalue weighted by Crippen LogP contribution is -2.14. The van der Waals surface area contributed by atoms with Crippen molar-refractivity contribution in [1.29, 1.82) is 0 Å². The minimum atomic E-state index is -2.83. The number of aromatic nitrogens is 3. The third-order valence-electron chi connectivity index (χ3n) is 10.0. The molecule has 3 nitrogen and oxygen atoms in total. The van der Waals surface area contributed by atoms with E-state index in [9.17, 15) is 0 Å². The second-order valence-electron chi connectivity index (χ2n) is 13.1. The summed E-state index contributed by atoms with van der Waals surface area (Å²) in [6, 6.07) is 53.3. The second kappa shape index (κ2) is 11.9. The minimum absolute atomic E-state index is 0.311. The highest BCUT2D eigenvalue weighted by atomic mass is 32.1. The Balaban J connectivity index is 1.11. The zero-order valence-corrected chi connectivity index (χ0v) is 28.7. The van der Waals surface area contributed by atoms with E-state index in [1.54, 1.807) is 29.5 Å². The largest absolute Gasteiger partial charge is 0.208 e. The average Bonchev–Trinajstić information content (AvgIpc) is 3.78. The molecule has 1 aliphatic rings. The molecular formula is C48H33N3S. The number of benzene rings is 7. The van der Waals surface area contributed by atoms with Gasteiger partial charge in [0.1, 0.15) is 0 Å². The zero-order chi connectivity index (χ0) is 39.8. The van der Waals surface area contributed by atoms with Gasteiger partial charge in [-0.2, -0.15) is 0 Å². The smallest absolute Gasteiger partial charge is 0.164 e. The summed E-state index contributed by atoms with van der Waals surface area (Å²) in [6.07, 6.45) is 0. The van der Waals surface area contributed by atoms with Crippen molar-refractivity contribution in [3.05, 3.63) is 175 Å². The van der Waals surface area contributed by atoms with E-state index in [0.717, 1.165) is 59.1 Å². The van der Waals surface area contributed by atoms with Gasteiger partial charge in [0, 0.05) is 50.5 Å². The highest BCUT2D eigenvalue weighted by Gasteiger charge is 2.35. The molecule has 2 heterocycles. The van der Waals surface area contributed by atoms with Gasteiger partial charge in [0.25, 0.3) is 0 Å². The molecule has 0 saturated heterocycles. The van der Waals surface area contributed by atoms with E-state index in [1.807, 2.05) is 109 Å². The van der Waals surface area contributed by atoms with Crippen molar-refractivity contribution in [2.75, 3.05) is 0 Å². The Morgan fingerprint density at radius 2 is 0.885 bits per heavy atom. The van der Waals surface area contributed by atoms with E-state index in [1.165, 1.54) is 0 Å². The lowest BCUT2D eigenvalue weighted by atomic mass is 9.81. The van der Waals surface area contributed by atoms with Crippen molar-refractivity contribution < 1.29 is 8.22 Å². The molecule has 7 aromatic carbocycles. The van der Waals surface area contributed by atoms with Gasteiger partial charge in [-0.05, 0) is 56.6 Å². The molecule has 1 aliphatic carbocycles. The molecule has 52 heavy (non-hydrogen) atoms. The van der Waals surface area contributed by atoms with Crippen molar-refractivity contribution >= 4 is 31.5 Å². The molecular weight excluding hydrogens is 651 g/mol. The van der Waals surface area contributed by atoms with Crippen LogP contribution in [0.2, 0.25) is 0 Å². The summed E-state index contributed by atoms with van der Waals surface area (Å²) in [7, 11) is 0. The van der Waals surface area contributed by atoms with Gasteiger partial charge in [-0.3, -0.25) is 0 Å². The number of thiophene rings is 1. The fourth-order valence-corrected chi connectivity index (χ4v) is 8.86. The Morgan fingerprint density at radius 3 is 1.52 bits per heavy atom. The third kappa shape index (κ3) is 4.90. The Morgan fingerprint density at radius 1 is 0.404 bits per heavy atom. The fourth-order valence-electron chi connectivity index (χ4n) is 7.49. The number of hydrogen-bond acceptors (Lipinski definition) is 4. The van der Waals surface area contributed by atoms with Crippen LogP contribution in [0.5, 0.6) is 0 Å². The van der Waals surface area contributed by atoms with Crippen LogP contribution in [0.25, 0.3) is 87.7 Å². The van der Waals surface area contributed by atoms with Gasteiger partial charge >= 0.3 is 0 Å². The average molecular weight is 690 g/mol. The van der Waals surface area contributed by atoms with Crippen molar-refractivity contribution in [1.82, 2.24) is 15.0 Å². The van der Waals surface area contributed by atoms with Crippen LogP contribution in [0.15, 0.2) is 164 Å². The molecule has 0 fully saturated rings. The van der Waals surface area contributed by atoms with Gasteiger partial charge in [-0.15, -0.1) is 11.3 Å². The molecule has 4 heteroatoms. The van der Waals surface area contributed by atoms with Crippen LogP contribution >= 0.6 is 11.3 Å². The first-order valence-corrected chi connectivity index (χ1v) is 18.0. The predicted octanol–water partition coefficient (Wildman–Crippen LogP) is 12.9. The minimum Gasteiger partial charge on any atom is -0.208 e. The molecule has 10 rings (SSSR count). The van der Waals surface area contributed by atoms with Crippen molar-refractivity contribution in [3.8, 4) is 67.5 Å². The molecule has 0 aliphatic heterocycles. The number of hydrogen-bond donors (Lipinski definition) is 0. The van der Waals surface area contributed by atoms with Crippen LogP contribution < -0.4 is 0 Å². The van der Waals surface area contributed by atoms with Crippen LogP contribution in [-0.2, 0) is 5.41 Å². The molecule has 9 aromatic rings. The summed E-state index contributed by atoms with van der Waals surface area (Å²) < 4.78 is 54.4. The molecule has 0 unspecified atom stereocenters. The molecule has 246 valence electrons. The Labute approximate surface area is 315 Å². The van der Waals surface area contributed by atoms with Gasteiger partial charge < -0.3 is 0 Å². The quantitative estimate of drug-likeness (QED) is 0.181. The molecule has 2 aromatic heterocycles. The first-order valence-electron chi connectivity index (χ1n) is 20.2. The molecule has 0 saturated carbocycles. The van der Waals surface area contributed by atoms with E-state index in [2.05, 4.69) is 36.4 Å². The lowest BCUT2D eigenvalue weighted by molar-refractivity contribution is 0.660. The molecule has 0 spiro atoms. The number of rotatable bonds is 5. The van der Waals surface area contributed by atoms with Gasteiger partial charge in [0.2, 0.25) is 0 Å². The topological polar surface area (TPSA) is 38.7 Å². The van der Waals surface area contributed by atoms with Gasteiger partial charge in [0.15, 0.2) is 17.5 Å². The summed E-state index contributed by atoms with van der Waals surface area (Å²) in [4.78, 5) is 14.8. The Hall–Kier alpha value is -6.23. The summed E-state index contributed by atoms with van der Waals surface area (Å²) in [5, 5.41) is 2.16. The maximum Gasteiger partial charge on any atom is 0.164 e. The first-order chi connectivity index (χ1) is 28.0. The van der Waals surface area contributed by atoms with Crippen LogP contribution in [-0.4, -0.2) is 15.0 Å². The normalized spacial score (nSPS) is 15.2. The summed E-state index contributed by atoms with van der Waals surface area (Å²) in [6.45, 7) is -5.67. The molecule has 0 radical (unpaired) electrons. The van der Waals surface area contributed by atoms with Crippen molar-refractivity contribution in [2.45, 2.75) is 19.1 Å². The van der Waals surface area contributed by atoms with Crippen LogP contribution in [0, 0.1) is 0 Å². The predicted molar refractivity (Wildman–Crippen MR) is 217 cm³/mol. The molecule has 0 bridgehead atoms. The van der Waals surface area contributed by atoms with E-state index in [0.29, 0.717) is 39.7 Å². The number of fused-ring (bicyclic) bond motifs is 6. The van der Waals surface area contributed by atoms with Crippen LogP contribution in [0.3, 0.4) is 0 Å². The lowest BCUT2D eigenvalue weighted by Gasteiger charge is -2.22. The van der Waals surface area contributed by atoms with E-state index in [-0.39, 0.29) is 0 Å². The highest BCUT2D eigenvalue weighted by molar-refractivity contribution is 7.26. The Kier molecular flexibility index (Phi) is 5.70. The van der Waals surface area contributed by atoms with Crippen LogP contribution in [0.1, 0.15) is 33.1 Å². The second-order valence-corrected chi connectivity index (χ2v) is 14.2. The van der Waals surface area contributed by atoms with Gasteiger partial charge in [-0.1, -0.05) is 165 Å². The molecule has 0 amide bonds. The van der Waals surface area contributed by atoms with Crippen molar-refractivity contribution in [2.24, 2.45) is 0 Å². The standard InChI is InChI=1S/C48H33N3S/c1-48(2)41-25-10-9-20-37(41)38-27-26-33(29-42(38)48)36-22-13-24-40-39-23-12-21-35(43(39)52-44(36)40)32-18-11-19-34(28-32)47-50-45(30-14-5-3-6-15-30)49-46(51-47)31-16-7-4-8-17-31/h3-29H,1-2H3/i1D3,2D3. The van der Waals surface area contributed by atoms with E-state index >= 15 is 0 Å². The molecule has 0 N–H and O–H groups in total. The summed E-state index contributed by atoms with van der Waals surface area (Å²) in [5.74, 6) is 1.77. The van der Waals surface area contributed by atoms with E-state index < -0.39 is 19.1 Å². The van der Waals surface area contributed by atoms with E-state index in [4.69, 9.17) is 23.2 Å². The molecule has 0 atom stereocenters. The maximum absolute atomic E-state index is 8.71. The zero-order valence-electron chi connectivity index (χ0n) is 33.8. The fraction of sp³-hybridized carbons (Fsp3) is 0.0625. The van der Waals surface area contributed by atoms with Gasteiger partial charge in [0.05, 0.1) is 0 Å². The highest BCUT2D eigenvalue weighted by Crippen LogP contribution is 2.51. The first kappa shape index (κ1) is 24.8. The Bertz CT molecular complexity index is 2970. The maximum atomic E-state index is 8.71. The SMILES string of the molecule is [2H]C([2H])([2H])C1(C([2H])([2H])[2H])c2ccccc2-c2ccc(-c3cccc4c3sc3c(-c5cccc(-c6nc(-c7ccccc7)nc(-c7ccccc7)n6)c5)cccc34)cc21. The van der Waals surface area contributed by atoms with Gasteiger partial charge in [-0.25, -0.2) is 15.0 Å². The number of nitrogens with zero attached hydrogens (tertiary/aromatic N) is 3. The monoisotopic (exact) mass is 689 g/mol. The summed E-state index contributed by atoms with van der Waals surface area (Å²) in [5.41, 5.74) is 6.16.